The molecule has 0 saturated heterocycles. The maximum Gasteiger partial charge on any atom is 0.230 e. The molecule has 8 heteroatoms. The first-order chi connectivity index (χ1) is 15.4. The molecule has 1 aliphatic heterocycles. The van der Waals surface area contributed by atoms with Crippen molar-refractivity contribution >= 4 is 28.2 Å². The summed E-state index contributed by atoms with van der Waals surface area (Å²) in [5.74, 6) is 6.53. The van der Waals surface area contributed by atoms with E-state index in [0.717, 1.165) is 35.9 Å². The zero-order valence-electron chi connectivity index (χ0n) is 18.0. The van der Waals surface area contributed by atoms with Gasteiger partial charge in [-0.1, -0.05) is 17.9 Å². The molecule has 1 aromatic carbocycles. The summed E-state index contributed by atoms with van der Waals surface area (Å²) in [5.41, 5.74) is 2.93. The number of fused-ring (bicyclic) bond motifs is 2. The fourth-order valence-electron chi connectivity index (χ4n) is 3.97. The number of hydrogen-bond donors (Lipinski definition) is 2. The highest BCUT2D eigenvalue weighted by molar-refractivity contribution is 5.97. The zero-order valence-corrected chi connectivity index (χ0v) is 18.0. The molecule has 2 aromatic heterocycles. The molecule has 3 aromatic rings. The van der Waals surface area contributed by atoms with Gasteiger partial charge in [0.15, 0.2) is 5.82 Å². The Morgan fingerprint density at radius 2 is 2.09 bits per heavy atom. The minimum Gasteiger partial charge on any atom is -0.375 e. The summed E-state index contributed by atoms with van der Waals surface area (Å²) < 4.78 is 22.2. The lowest BCUT2D eigenvalue weighted by Crippen LogP contribution is -2.32. The summed E-state index contributed by atoms with van der Waals surface area (Å²) >= 11 is 0. The molecule has 0 amide bonds. The van der Waals surface area contributed by atoms with Crippen LogP contribution in [-0.4, -0.2) is 33.5 Å². The normalized spacial score (nSPS) is 16.7. The van der Waals surface area contributed by atoms with Gasteiger partial charge >= 0.3 is 0 Å². The smallest absolute Gasteiger partial charge is 0.230 e. The van der Waals surface area contributed by atoms with Gasteiger partial charge < -0.3 is 9.64 Å². The van der Waals surface area contributed by atoms with Crippen LogP contribution in [0.4, 0.5) is 15.9 Å². The number of hydrogen-bond acceptors (Lipinski definition) is 6. The highest BCUT2D eigenvalue weighted by Gasteiger charge is 2.35. The Morgan fingerprint density at radius 3 is 2.84 bits per heavy atom. The van der Waals surface area contributed by atoms with E-state index in [1.54, 1.807) is 0 Å². The molecule has 0 bridgehead atoms. The molecule has 7 nitrogen and oxygen atoms in total. The summed E-state index contributed by atoms with van der Waals surface area (Å²) in [7, 11) is 0. The second kappa shape index (κ2) is 7.53. The Morgan fingerprint density at radius 1 is 1.28 bits per heavy atom. The lowest BCUT2D eigenvalue weighted by molar-refractivity contribution is 0.133. The Labute approximate surface area is 184 Å². The third-order valence-corrected chi connectivity index (χ3v) is 6.01. The van der Waals surface area contributed by atoms with Crippen LogP contribution in [-0.2, 0) is 11.3 Å². The highest BCUT2D eigenvalue weighted by Crippen LogP contribution is 2.44. The maximum absolute atomic E-state index is 15.1. The Kier molecular flexibility index (Phi) is 4.79. The molecule has 162 valence electrons. The van der Waals surface area contributed by atoms with Gasteiger partial charge in [0.25, 0.3) is 0 Å². The van der Waals surface area contributed by atoms with Crippen molar-refractivity contribution < 1.29 is 9.13 Å². The second-order valence-electron chi connectivity index (χ2n) is 8.51. The number of pyridine rings is 1. The number of nitrogens with zero attached hydrogens (tertiary/aromatic N) is 4. The number of benzene rings is 1. The van der Waals surface area contributed by atoms with Crippen LogP contribution in [0.15, 0.2) is 30.6 Å². The van der Waals surface area contributed by atoms with Crippen molar-refractivity contribution in [3.63, 3.8) is 0 Å². The van der Waals surface area contributed by atoms with Crippen LogP contribution in [0.2, 0.25) is 0 Å². The summed E-state index contributed by atoms with van der Waals surface area (Å²) in [5, 5.41) is 16.7. The van der Waals surface area contributed by atoms with Crippen LogP contribution < -0.4 is 10.5 Å². The van der Waals surface area contributed by atoms with E-state index >= 15 is 4.39 Å². The number of aromatic nitrogens is 3. The van der Waals surface area contributed by atoms with Crippen molar-refractivity contribution in [3.05, 3.63) is 53.2 Å². The van der Waals surface area contributed by atoms with Crippen LogP contribution in [0, 0.1) is 33.9 Å². The molecule has 1 aliphatic carbocycles. The van der Waals surface area contributed by atoms with Gasteiger partial charge in [-0.15, -0.1) is 0 Å². The molecule has 3 heterocycles. The van der Waals surface area contributed by atoms with E-state index in [0.29, 0.717) is 31.1 Å². The predicted octanol–water partition coefficient (Wildman–Crippen LogP) is 3.72. The third kappa shape index (κ3) is 3.45. The summed E-state index contributed by atoms with van der Waals surface area (Å²) in [6, 6.07) is 5.86. The van der Waals surface area contributed by atoms with Crippen LogP contribution in [0.1, 0.15) is 37.8 Å². The Bertz CT molecular complexity index is 1380. The standard InChI is InChI=1S/C24H23FN6O/c1-15(26)31-20-13-28-12-18(25)21(20)22(29-23(31)27)30-10-11-32-14-17-16(4-3-5-19(17)30)6-7-24(2)8-9-24/h3-5,12-13,26-27H,8-11,14H2,1-2H3. The number of rotatable bonds is 1. The fraction of sp³-hybridized carbons (Fsp3) is 0.333. The van der Waals surface area contributed by atoms with Crippen molar-refractivity contribution in [1.29, 1.82) is 10.8 Å². The molecular formula is C24H23FN6O. The second-order valence-corrected chi connectivity index (χ2v) is 8.51. The molecule has 0 atom stereocenters. The van der Waals surface area contributed by atoms with Crippen LogP contribution >= 0.6 is 0 Å². The van der Waals surface area contributed by atoms with E-state index in [2.05, 4.69) is 28.7 Å². The van der Waals surface area contributed by atoms with Crippen molar-refractivity contribution in [1.82, 2.24) is 14.5 Å². The number of ether oxygens (including phenoxy) is 1. The largest absolute Gasteiger partial charge is 0.375 e. The molecular weight excluding hydrogens is 407 g/mol. The van der Waals surface area contributed by atoms with E-state index < -0.39 is 5.82 Å². The fourth-order valence-corrected chi connectivity index (χ4v) is 3.97. The van der Waals surface area contributed by atoms with E-state index in [4.69, 9.17) is 15.6 Å². The topological polar surface area (TPSA) is 90.9 Å². The van der Waals surface area contributed by atoms with E-state index in [1.165, 1.54) is 17.7 Å². The van der Waals surface area contributed by atoms with Gasteiger partial charge in [-0.05, 0) is 38.8 Å². The molecule has 32 heavy (non-hydrogen) atoms. The van der Waals surface area contributed by atoms with Crippen molar-refractivity contribution in [3.8, 4) is 11.8 Å². The predicted molar refractivity (Wildman–Crippen MR) is 119 cm³/mol. The van der Waals surface area contributed by atoms with Gasteiger partial charge in [0.1, 0.15) is 11.7 Å². The molecule has 5 rings (SSSR count). The molecule has 0 radical (unpaired) electrons. The minimum absolute atomic E-state index is 0.0668. The lowest BCUT2D eigenvalue weighted by atomic mass is 10.0. The molecule has 2 N–H and O–H groups in total. The van der Waals surface area contributed by atoms with Crippen LogP contribution in [0.3, 0.4) is 0 Å². The van der Waals surface area contributed by atoms with E-state index in [1.807, 2.05) is 23.1 Å². The molecule has 1 fully saturated rings. The zero-order chi connectivity index (χ0) is 22.5. The van der Waals surface area contributed by atoms with E-state index in [-0.39, 0.29) is 22.3 Å². The van der Waals surface area contributed by atoms with Crippen molar-refractivity contribution in [2.45, 2.75) is 33.3 Å². The highest BCUT2D eigenvalue weighted by atomic mass is 19.1. The third-order valence-electron chi connectivity index (χ3n) is 6.01. The van der Waals surface area contributed by atoms with Crippen LogP contribution in [0.25, 0.3) is 10.9 Å². The summed E-state index contributed by atoms with van der Waals surface area (Å²) in [6.45, 7) is 4.96. The van der Waals surface area contributed by atoms with Gasteiger partial charge in [0.05, 0.1) is 36.5 Å². The average Bonchev–Trinajstić information content (AvgIpc) is 3.53. The Balaban J connectivity index is 1.74. The average molecular weight is 430 g/mol. The van der Waals surface area contributed by atoms with Gasteiger partial charge in [0.2, 0.25) is 5.62 Å². The van der Waals surface area contributed by atoms with Crippen molar-refractivity contribution in [2.24, 2.45) is 5.41 Å². The van der Waals surface area contributed by atoms with E-state index in [9.17, 15) is 0 Å². The van der Waals surface area contributed by atoms with Gasteiger partial charge in [-0.3, -0.25) is 20.4 Å². The van der Waals surface area contributed by atoms with Gasteiger partial charge in [0, 0.05) is 28.8 Å². The van der Waals surface area contributed by atoms with Crippen LogP contribution in [0.5, 0.6) is 0 Å². The maximum atomic E-state index is 15.1. The first-order valence-corrected chi connectivity index (χ1v) is 10.5. The lowest BCUT2D eigenvalue weighted by Gasteiger charge is -2.26. The number of nitrogens with one attached hydrogen (secondary N) is 2. The Hall–Kier alpha value is -3.57. The molecule has 1 saturated carbocycles. The van der Waals surface area contributed by atoms with Gasteiger partial charge in [-0.2, -0.15) is 4.98 Å². The molecule has 2 aliphatic rings. The SMILES string of the molecule is CC(=N)n1c(=N)nc(N2CCOCc3c(C#CC4(C)CC4)cccc32)c2c(F)cncc21. The first-order valence-electron chi connectivity index (χ1n) is 10.5. The van der Waals surface area contributed by atoms with Gasteiger partial charge in [-0.25, -0.2) is 4.39 Å². The number of anilines is 2. The monoisotopic (exact) mass is 430 g/mol. The quantitative estimate of drug-likeness (QED) is 0.350. The molecule has 0 unspecified atom stereocenters. The number of halogens is 1. The molecule has 0 spiro atoms. The van der Waals surface area contributed by atoms with Crippen molar-refractivity contribution in [2.75, 3.05) is 18.1 Å². The minimum atomic E-state index is -0.552. The summed E-state index contributed by atoms with van der Waals surface area (Å²) in [6.07, 6.45) is 4.83. The first kappa shape index (κ1) is 20.3. The summed E-state index contributed by atoms with van der Waals surface area (Å²) in [4.78, 5) is 10.3.